The number of ether oxygens (including phenoxy) is 1. The maximum absolute atomic E-state index is 13.3. The van der Waals surface area contributed by atoms with Gasteiger partial charge in [-0.05, 0) is 45.0 Å². The molecule has 1 amide bonds. The van der Waals surface area contributed by atoms with Gasteiger partial charge in [0, 0.05) is 6.07 Å². The average molecular weight is 333 g/mol. The number of anilines is 1. The van der Waals surface area contributed by atoms with Gasteiger partial charge in [-0.2, -0.15) is 0 Å². The van der Waals surface area contributed by atoms with Crippen molar-refractivity contribution in [3.8, 4) is 5.75 Å². The maximum Gasteiger partial charge on any atom is 0.277 e. The van der Waals surface area contributed by atoms with Crippen LogP contribution in [-0.4, -0.2) is 40.6 Å². The Balaban J connectivity index is 1.72. The van der Waals surface area contributed by atoms with Crippen LogP contribution < -0.4 is 15.4 Å². The molecule has 0 radical (unpaired) electrons. The molecule has 24 heavy (non-hydrogen) atoms. The van der Waals surface area contributed by atoms with Crippen molar-refractivity contribution in [2.45, 2.75) is 25.8 Å². The minimum Gasteiger partial charge on any atom is -0.492 e. The van der Waals surface area contributed by atoms with Crippen molar-refractivity contribution in [1.29, 1.82) is 0 Å². The molecule has 1 aromatic carbocycles. The van der Waals surface area contributed by atoms with Crippen LogP contribution in [0.1, 0.15) is 36.3 Å². The lowest BCUT2D eigenvalue weighted by Gasteiger charge is -2.22. The molecule has 0 aliphatic carbocycles. The Morgan fingerprint density at radius 3 is 3.00 bits per heavy atom. The highest BCUT2D eigenvalue weighted by molar-refractivity contribution is 6.03. The van der Waals surface area contributed by atoms with E-state index >= 15 is 0 Å². The second-order valence-electron chi connectivity index (χ2n) is 5.59. The molecule has 2 N–H and O–H groups in total. The van der Waals surface area contributed by atoms with Crippen LogP contribution in [0.5, 0.6) is 5.75 Å². The van der Waals surface area contributed by atoms with E-state index in [1.54, 1.807) is 17.8 Å². The molecule has 1 fully saturated rings. The zero-order valence-corrected chi connectivity index (χ0v) is 13.5. The van der Waals surface area contributed by atoms with Gasteiger partial charge in [0.2, 0.25) is 0 Å². The van der Waals surface area contributed by atoms with Gasteiger partial charge < -0.3 is 15.4 Å². The number of piperidine rings is 1. The zero-order chi connectivity index (χ0) is 16.9. The summed E-state index contributed by atoms with van der Waals surface area (Å²) in [7, 11) is 0. The Bertz CT molecular complexity index is 712. The van der Waals surface area contributed by atoms with Crippen molar-refractivity contribution in [2.75, 3.05) is 25.0 Å². The Labute approximate surface area is 139 Å². The first-order chi connectivity index (χ1) is 11.7. The van der Waals surface area contributed by atoms with Gasteiger partial charge in [-0.25, -0.2) is 9.07 Å². The van der Waals surface area contributed by atoms with E-state index in [0.717, 1.165) is 25.9 Å². The largest absolute Gasteiger partial charge is 0.492 e. The summed E-state index contributed by atoms with van der Waals surface area (Å²) in [6.45, 7) is 4.03. The van der Waals surface area contributed by atoms with Crippen LogP contribution >= 0.6 is 0 Å². The number of carbonyl (C=O) groups excluding carboxylic acids is 1. The number of halogens is 1. The van der Waals surface area contributed by atoms with E-state index in [0.29, 0.717) is 12.3 Å². The van der Waals surface area contributed by atoms with Crippen molar-refractivity contribution < 1.29 is 13.9 Å². The Kier molecular flexibility index (Phi) is 5.05. The van der Waals surface area contributed by atoms with Crippen LogP contribution in [0.2, 0.25) is 0 Å². The monoisotopic (exact) mass is 333 g/mol. The number of benzene rings is 1. The molecule has 3 rings (SSSR count). The topological polar surface area (TPSA) is 81.1 Å². The molecule has 1 aliphatic heterocycles. The second kappa shape index (κ2) is 7.39. The molecule has 0 saturated carbocycles. The molecular formula is C16H20FN5O2. The molecule has 128 valence electrons. The fourth-order valence-corrected chi connectivity index (χ4v) is 2.69. The molecule has 1 aromatic heterocycles. The lowest BCUT2D eigenvalue weighted by Crippen LogP contribution is -2.29. The molecule has 2 aromatic rings. The van der Waals surface area contributed by atoms with E-state index in [-0.39, 0.29) is 17.5 Å². The predicted octanol–water partition coefficient (Wildman–Crippen LogP) is 1.99. The highest BCUT2D eigenvalue weighted by atomic mass is 19.1. The highest BCUT2D eigenvalue weighted by Crippen LogP contribution is 2.26. The molecule has 2 heterocycles. The maximum atomic E-state index is 13.3. The molecule has 1 aliphatic rings. The third kappa shape index (κ3) is 3.70. The molecule has 0 bridgehead atoms. The first kappa shape index (κ1) is 16.4. The molecule has 0 spiro atoms. The van der Waals surface area contributed by atoms with E-state index in [4.69, 9.17) is 4.74 Å². The number of rotatable bonds is 5. The van der Waals surface area contributed by atoms with Gasteiger partial charge in [-0.3, -0.25) is 4.79 Å². The molecule has 7 nitrogen and oxygen atoms in total. The van der Waals surface area contributed by atoms with Gasteiger partial charge in [0.25, 0.3) is 5.91 Å². The van der Waals surface area contributed by atoms with Crippen molar-refractivity contribution in [2.24, 2.45) is 0 Å². The number of carbonyl (C=O) groups is 1. The van der Waals surface area contributed by atoms with Crippen LogP contribution in [0.15, 0.2) is 24.4 Å². The van der Waals surface area contributed by atoms with Crippen LogP contribution in [-0.2, 0) is 0 Å². The summed E-state index contributed by atoms with van der Waals surface area (Å²) in [5.41, 5.74) is 0.625. The SMILES string of the molecule is CCOc1cc(F)ccc1NC(=O)c1cn(C2CCNCC2)nn1. The van der Waals surface area contributed by atoms with E-state index in [9.17, 15) is 9.18 Å². The summed E-state index contributed by atoms with van der Waals surface area (Å²) < 4.78 is 20.4. The number of aromatic nitrogens is 3. The van der Waals surface area contributed by atoms with Gasteiger partial charge in [0.15, 0.2) is 5.69 Å². The van der Waals surface area contributed by atoms with Crippen LogP contribution in [0.4, 0.5) is 10.1 Å². The summed E-state index contributed by atoms with van der Waals surface area (Å²) in [6.07, 6.45) is 3.56. The highest BCUT2D eigenvalue weighted by Gasteiger charge is 2.19. The number of hydrogen-bond donors (Lipinski definition) is 2. The number of nitrogens with zero attached hydrogens (tertiary/aromatic N) is 3. The summed E-state index contributed by atoms with van der Waals surface area (Å²) in [5.74, 6) is -0.535. The van der Waals surface area contributed by atoms with Crippen molar-refractivity contribution in [3.05, 3.63) is 35.9 Å². The first-order valence-electron chi connectivity index (χ1n) is 8.03. The Morgan fingerprint density at radius 2 is 2.25 bits per heavy atom. The van der Waals surface area contributed by atoms with Gasteiger partial charge in [0.05, 0.1) is 24.5 Å². The average Bonchev–Trinajstić information content (AvgIpc) is 3.08. The quantitative estimate of drug-likeness (QED) is 0.875. The van der Waals surface area contributed by atoms with Crippen molar-refractivity contribution in [3.63, 3.8) is 0 Å². The lowest BCUT2D eigenvalue weighted by molar-refractivity contribution is 0.102. The van der Waals surface area contributed by atoms with Crippen molar-refractivity contribution >= 4 is 11.6 Å². The molecule has 0 unspecified atom stereocenters. The third-order valence-electron chi connectivity index (χ3n) is 3.92. The van der Waals surface area contributed by atoms with Gasteiger partial charge >= 0.3 is 0 Å². The summed E-state index contributed by atoms with van der Waals surface area (Å²) in [6, 6.07) is 4.23. The van der Waals surface area contributed by atoms with E-state index < -0.39 is 11.7 Å². The van der Waals surface area contributed by atoms with Gasteiger partial charge in [-0.15, -0.1) is 5.10 Å². The molecule has 1 saturated heterocycles. The number of hydrogen-bond acceptors (Lipinski definition) is 5. The standard InChI is InChI=1S/C16H20FN5O2/c1-2-24-15-9-11(17)3-4-13(15)19-16(23)14-10-22(21-20-14)12-5-7-18-8-6-12/h3-4,9-10,12,18H,2,5-8H2,1H3,(H,19,23). The molecule has 8 heteroatoms. The van der Waals surface area contributed by atoms with Gasteiger partial charge in [0.1, 0.15) is 11.6 Å². The fraction of sp³-hybridized carbons (Fsp3) is 0.438. The third-order valence-corrected chi connectivity index (χ3v) is 3.92. The zero-order valence-electron chi connectivity index (χ0n) is 13.5. The van der Waals surface area contributed by atoms with Crippen LogP contribution in [0, 0.1) is 5.82 Å². The Morgan fingerprint density at radius 1 is 1.46 bits per heavy atom. The van der Waals surface area contributed by atoms with Gasteiger partial charge in [-0.1, -0.05) is 5.21 Å². The normalized spacial score (nSPS) is 15.2. The smallest absolute Gasteiger partial charge is 0.277 e. The minimum atomic E-state index is -0.423. The Hall–Kier alpha value is -2.48. The second-order valence-corrected chi connectivity index (χ2v) is 5.59. The van der Waals surface area contributed by atoms with Crippen molar-refractivity contribution in [1.82, 2.24) is 20.3 Å². The summed E-state index contributed by atoms with van der Waals surface area (Å²) >= 11 is 0. The predicted molar refractivity (Wildman–Crippen MR) is 86.7 cm³/mol. The summed E-state index contributed by atoms with van der Waals surface area (Å²) in [4.78, 5) is 12.4. The number of nitrogens with one attached hydrogen (secondary N) is 2. The fourth-order valence-electron chi connectivity index (χ4n) is 2.69. The van der Waals surface area contributed by atoms with E-state index in [2.05, 4.69) is 20.9 Å². The van der Waals surface area contributed by atoms with E-state index in [1.807, 2.05) is 0 Å². The minimum absolute atomic E-state index is 0.223. The number of amides is 1. The summed E-state index contributed by atoms with van der Waals surface area (Å²) in [5, 5.41) is 14.0. The molecule has 0 atom stereocenters. The van der Waals surface area contributed by atoms with E-state index in [1.165, 1.54) is 18.2 Å². The van der Waals surface area contributed by atoms with Crippen LogP contribution in [0.25, 0.3) is 0 Å². The molecular weight excluding hydrogens is 313 g/mol. The lowest BCUT2D eigenvalue weighted by atomic mass is 10.1. The first-order valence-corrected chi connectivity index (χ1v) is 8.03. The van der Waals surface area contributed by atoms with Crippen LogP contribution in [0.3, 0.4) is 0 Å².